The van der Waals surface area contributed by atoms with Crippen molar-refractivity contribution >= 4 is 11.6 Å². The van der Waals surface area contributed by atoms with Crippen LogP contribution in [0.1, 0.15) is 5.56 Å². The van der Waals surface area contributed by atoms with Gasteiger partial charge in [0, 0.05) is 17.3 Å². The third-order valence-electron chi connectivity index (χ3n) is 3.87. The van der Waals surface area contributed by atoms with Crippen LogP contribution in [-0.4, -0.2) is 32.9 Å². The maximum Gasteiger partial charge on any atom is 0.586 e. The number of ether oxygens (including phenoxy) is 3. The average Bonchev–Trinajstić information content (AvgIpc) is 2.87. The Hall–Kier alpha value is -2.94. The lowest BCUT2D eigenvalue weighted by Gasteiger charge is -2.14. The van der Waals surface area contributed by atoms with Gasteiger partial charge in [0.25, 0.3) is 5.91 Å². The van der Waals surface area contributed by atoms with Crippen molar-refractivity contribution in [2.24, 2.45) is 0 Å². The molecule has 0 saturated carbocycles. The van der Waals surface area contributed by atoms with E-state index in [1.807, 2.05) is 0 Å². The van der Waals surface area contributed by atoms with Gasteiger partial charge in [-0.15, -0.1) is 8.78 Å². The SMILES string of the molecule is COc1ccc(C[NH+](C)CC(=O)Nc2ccc3c(c2)OC(F)(F)O3)cc1F. The number of benzene rings is 2. The fourth-order valence-electron chi connectivity index (χ4n) is 2.74. The number of methoxy groups -OCH3 is 1. The molecule has 1 unspecified atom stereocenters. The topological polar surface area (TPSA) is 61.2 Å². The van der Waals surface area contributed by atoms with E-state index >= 15 is 0 Å². The molecular formula is C18H18F3N2O4+. The molecule has 27 heavy (non-hydrogen) atoms. The maximum absolute atomic E-state index is 13.7. The highest BCUT2D eigenvalue weighted by molar-refractivity contribution is 5.91. The number of fused-ring (bicyclic) bond motifs is 1. The van der Waals surface area contributed by atoms with E-state index in [9.17, 15) is 18.0 Å². The molecule has 1 amide bonds. The number of rotatable bonds is 6. The maximum atomic E-state index is 13.7. The number of amides is 1. The largest absolute Gasteiger partial charge is 0.586 e. The second-order valence-corrected chi connectivity index (χ2v) is 6.16. The summed E-state index contributed by atoms with van der Waals surface area (Å²) in [5.41, 5.74) is 1.02. The van der Waals surface area contributed by atoms with Crippen molar-refractivity contribution in [1.82, 2.24) is 0 Å². The molecule has 2 N–H and O–H groups in total. The van der Waals surface area contributed by atoms with Gasteiger partial charge in [0.2, 0.25) is 0 Å². The molecular weight excluding hydrogens is 365 g/mol. The van der Waals surface area contributed by atoms with E-state index in [0.29, 0.717) is 17.8 Å². The van der Waals surface area contributed by atoms with E-state index in [-0.39, 0.29) is 29.7 Å². The van der Waals surface area contributed by atoms with Gasteiger partial charge in [-0.05, 0) is 30.3 Å². The van der Waals surface area contributed by atoms with Crippen LogP contribution in [0.4, 0.5) is 18.9 Å². The number of hydrogen-bond acceptors (Lipinski definition) is 4. The zero-order valence-corrected chi connectivity index (χ0v) is 14.6. The second-order valence-electron chi connectivity index (χ2n) is 6.16. The molecule has 0 radical (unpaired) electrons. The Morgan fingerprint density at radius 3 is 2.63 bits per heavy atom. The normalized spacial score (nSPS) is 15.3. The van der Waals surface area contributed by atoms with Gasteiger partial charge in [0.15, 0.2) is 29.6 Å². The third kappa shape index (κ3) is 4.62. The lowest BCUT2D eigenvalue weighted by molar-refractivity contribution is -0.885. The fourth-order valence-corrected chi connectivity index (χ4v) is 2.74. The lowest BCUT2D eigenvalue weighted by Crippen LogP contribution is -3.08. The zero-order valence-electron chi connectivity index (χ0n) is 14.6. The Labute approximate surface area is 153 Å². The Kier molecular flexibility index (Phi) is 5.13. The predicted octanol–water partition coefficient (Wildman–Crippen LogP) is 1.81. The number of halogens is 3. The van der Waals surface area contributed by atoms with Gasteiger partial charge in [0.1, 0.15) is 6.54 Å². The zero-order chi connectivity index (χ0) is 19.6. The van der Waals surface area contributed by atoms with Crippen LogP contribution in [0.25, 0.3) is 0 Å². The van der Waals surface area contributed by atoms with Crippen LogP contribution in [0.2, 0.25) is 0 Å². The van der Waals surface area contributed by atoms with Gasteiger partial charge >= 0.3 is 6.29 Å². The Morgan fingerprint density at radius 1 is 1.19 bits per heavy atom. The molecule has 1 heterocycles. The van der Waals surface area contributed by atoms with Gasteiger partial charge in [-0.3, -0.25) is 4.79 Å². The van der Waals surface area contributed by atoms with Crippen molar-refractivity contribution in [2.75, 3.05) is 26.0 Å². The summed E-state index contributed by atoms with van der Waals surface area (Å²) in [6.07, 6.45) is -3.71. The van der Waals surface area contributed by atoms with E-state index < -0.39 is 12.1 Å². The van der Waals surface area contributed by atoms with Crippen molar-refractivity contribution in [2.45, 2.75) is 12.8 Å². The van der Waals surface area contributed by atoms with Crippen molar-refractivity contribution in [3.63, 3.8) is 0 Å². The minimum Gasteiger partial charge on any atom is -0.494 e. The van der Waals surface area contributed by atoms with Gasteiger partial charge in [-0.2, -0.15) is 0 Å². The Morgan fingerprint density at radius 2 is 1.93 bits per heavy atom. The van der Waals surface area contributed by atoms with Crippen LogP contribution in [0.3, 0.4) is 0 Å². The number of alkyl halides is 2. The minimum atomic E-state index is -3.71. The molecule has 0 aliphatic carbocycles. The molecule has 9 heteroatoms. The number of carbonyl (C=O) groups excluding carboxylic acids is 1. The van der Waals surface area contributed by atoms with Crippen molar-refractivity contribution in [1.29, 1.82) is 0 Å². The molecule has 1 atom stereocenters. The Balaban J connectivity index is 1.56. The molecule has 0 bridgehead atoms. The van der Waals surface area contributed by atoms with Crippen LogP contribution < -0.4 is 24.4 Å². The molecule has 2 aromatic rings. The summed E-state index contributed by atoms with van der Waals surface area (Å²) >= 11 is 0. The fraction of sp³-hybridized carbons (Fsp3) is 0.278. The summed E-state index contributed by atoms with van der Waals surface area (Å²) in [5.74, 6) is -0.881. The second kappa shape index (κ2) is 7.36. The highest BCUT2D eigenvalue weighted by Gasteiger charge is 2.43. The Bertz CT molecular complexity index is 860. The monoisotopic (exact) mass is 383 g/mol. The highest BCUT2D eigenvalue weighted by Crippen LogP contribution is 2.42. The van der Waals surface area contributed by atoms with Crippen LogP contribution in [0.5, 0.6) is 17.2 Å². The predicted molar refractivity (Wildman–Crippen MR) is 89.7 cm³/mol. The third-order valence-corrected chi connectivity index (χ3v) is 3.87. The van der Waals surface area contributed by atoms with Gasteiger partial charge < -0.3 is 24.4 Å². The van der Waals surface area contributed by atoms with E-state index in [0.717, 1.165) is 4.90 Å². The molecule has 6 nitrogen and oxygen atoms in total. The molecule has 2 aromatic carbocycles. The first-order valence-corrected chi connectivity index (χ1v) is 8.09. The molecule has 1 aliphatic rings. The standard InChI is InChI=1S/C18H17F3N2O4/c1-23(9-11-3-5-14(25-2)13(19)7-11)10-17(24)22-12-4-6-15-16(8-12)27-18(20,21)26-15/h3-8H,9-10H2,1-2H3,(H,22,24)/p+1. The molecule has 3 rings (SSSR count). The lowest BCUT2D eigenvalue weighted by atomic mass is 10.2. The van der Waals surface area contributed by atoms with Gasteiger partial charge in [0.05, 0.1) is 14.2 Å². The van der Waals surface area contributed by atoms with Crippen molar-refractivity contribution < 1.29 is 37.1 Å². The summed E-state index contributed by atoms with van der Waals surface area (Å²) in [6.45, 7) is 0.514. The molecule has 0 fully saturated rings. The van der Waals surface area contributed by atoms with Crippen LogP contribution in [-0.2, 0) is 11.3 Å². The molecule has 144 valence electrons. The summed E-state index contributed by atoms with van der Waals surface area (Å²) < 4.78 is 53.3. The summed E-state index contributed by atoms with van der Waals surface area (Å²) in [6, 6.07) is 8.61. The minimum absolute atomic E-state index is 0.0951. The number of hydrogen-bond donors (Lipinski definition) is 2. The molecule has 0 spiro atoms. The highest BCUT2D eigenvalue weighted by atomic mass is 19.3. The van der Waals surface area contributed by atoms with Gasteiger partial charge in [-0.1, -0.05) is 0 Å². The van der Waals surface area contributed by atoms with E-state index in [1.54, 1.807) is 13.1 Å². The van der Waals surface area contributed by atoms with Crippen molar-refractivity contribution in [3.05, 3.63) is 47.8 Å². The number of carbonyl (C=O) groups is 1. The van der Waals surface area contributed by atoms with Crippen LogP contribution in [0, 0.1) is 5.82 Å². The van der Waals surface area contributed by atoms with Crippen molar-refractivity contribution in [3.8, 4) is 17.2 Å². The molecule has 1 aliphatic heterocycles. The van der Waals surface area contributed by atoms with E-state index in [2.05, 4.69) is 14.8 Å². The number of quaternary nitrogens is 1. The summed E-state index contributed by atoms with van der Waals surface area (Å²) in [4.78, 5) is 13.0. The smallest absolute Gasteiger partial charge is 0.494 e. The number of nitrogens with one attached hydrogen (secondary N) is 2. The van der Waals surface area contributed by atoms with Crippen LogP contribution >= 0.6 is 0 Å². The quantitative estimate of drug-likeness (QED) is 0.799. The average molecular weight is 383 g/mol. The van der Waals surface area contributed by atoms with E-state index in [4.69, 9.17) is 4.74 Å². The van der Waals surface area contributed by atoms with E-state index in [1.165, 1.54) is 37.4 Å². The first-order valence-electron chi connectivity index (χ1n) is 8.09. The number of anilines is 1. The molecule has 0 aromatic heterocycles. The van der Waals surface area contributed by atoms with Gasteiger partial charge in [-0.25, -0.2) is 4.39 Å². The first kappa shape index (κ1) is 18.8. The summed E-state index contributed by atoms with van der Waals surface area (Å²) in [5, 5.41) is 2.61. The summed E-state index contributed by atoms with van der Waals surface area (Å²) in [7, 11) is 3.17. The first-order chi connectivity index (χ1) is 12.8. The number of likely N-dealkylation sites (N-methyl/N-ethyl adjacent to an activating group) is 1. The van der Waals surface area contributed by atoms with Crippen LogP contribution in [0.15, 0.2) is 36.4 Å². The molecule has 0 saturated heterocycles.